The first-order valence-electron chi connectivity index (χ1n) is 9.89. The number of piperazine rings is 1. The summed E-state index contributed by atoms with van der Waals surface area (Å²) >= 11 is 0. The summed E-state index contributed by atoms with van der Waals surface area (Å²) < 4.78 is 5.45. The Morgan fingerprint density at radius 2 is 1.69 bits per heavy atom. The molecule has 3 aromatic rings. The number of rotatable bonds is 5. The molecule has 1 aliphatic heterocycles. The number of amides is 1. The number of hydrogen-bond acceptors (Lipinski definition) is 5. The number of nitrogens with zero attached hydrogens (tertiary/aromatic N) is 4. The molecule has 0 aliphatic carbocycles. The molecule has 1 saturated heterocycles. The van der Waals surface area contributed by atoms with Crippen LogP contribution in [0.25, 0.3) is 11.3 Å². The van der Waals surface area contributed by atoms with Gasteiger partial charge in [-0.1, -0.05) is 30.3 Å². The third kappa shape index (κ3) is 4.37. The largest absolute Gasteiger partial charge is 0.494 e. The molecule has 1 aliphatic rings. The molecule has 0 atom stereocenters. The van der Waals surface area contributed by atoms with E-state index in [1.54, 1.807) is 6.33 Å². The van der Waals surface area contributed by atoms with Crippen LogP contribution in [0.1, 0.15) is 17.3 Å². The van der Waals surface area contributed by atoms with Gasteiger partial charge in [-0.05, 0) is 31.2 Å². The number of benzene rings is 2. The molecular formula is C23H24N4O2. The van der Waals surface area contributed by atoms with Gasteiger partial charge in [-0.3, -0.25) is 4.79 Å². The Bertz CT molecular complexity index is 952. The summed E-state index contributed by atoms with van der Waals surface area (Å²) in [5.41, 5.74) is 2.67. The molecule has 2 heterocycles. The van der Waals surface area contributed by atoms with Crippen molar-refractivity contribution in [2.24, 2.45) is 0 Å². The van der Waals surface area contributed by atoms with Crippen molar-refractivity contribution < 1.29 is 9.53 Å². The second-order valence-electron chi connectivity index (χ2n) is 6.86. The molecule has 6 nitrogen and oxygen atoms in total. The van der Waals surface area contributed by atoms with Crippen molar-refractivity contribution in [1.82, 2.24) is 14.9 Å². The summed E-state index contributed by atoms with van der Waals surface area (Å²) in [5, 5.41) is 0. The molecule has 1 amide bonds. The van der Waals surface area contributed by atoms with Crippen molar-refractivity contribution in [2.75, 3.05) is 37.7 Å². The highest BCUT2D eigenvalue weighted by atomic mass is 16.5. The highest BCUT2D eigenvalue weighted by Gasteiger charge is 2.23. The first-order chi connectivity index (χ1) is 14.2. The lowest BCUT2D eigenvalue weighted by Gasteiger charge is -2.35. The monoisotopic (exact) mass is 388 g/mol. The number of aromatic nitrogens is 2. The van der Waals surface area contributed by atoms with Gasteiger partial charge >= 0.3 is 0 Å². The molecule has 0 N–H and O–H groups in total. The summed E-state index contributed by atoms with van der Waals surface area (Å²) in [6.45, 7) is 5.37. The van der Waals surface area contributed by atoms with Gasteiger partial charge in [0.2, 0.25) is 0 Å². The van der Waals surface area contributed by atoms with E-state index >= 15 is 0 Å². The lowest BCUT2D eigenvalue weighted by atomic mass is 10.1. The van der Waals surface area contributed by atoms with Gasteiger partial charge in [0, 0.05) is 43.4 Å². The highest BCUT2D eigenvalue weighted by Crippen LogP contribution is 2.22. The van der Waals surface area contributed by atoms with Crippen molar-refractivity contribution in [2.45, 2.75) is 6.92 Å². The average Bonchev–Trinajstić information content (AvgIpc) is 2.80. The number of carbonyl (C=O) groups excluding carboxylic acids is 1. The van der Waals surface area contributed by atoms with E-state index in [4.69, 9.17) is 4.74 Å². The van der Waals surface area contributed by atoms with E-state index < -0.39 is 0 Å². The maximum absolute atomic E-state index is 12.8. The van der Waals surface area contributed by atoms with Gasteiger partial charge in [-0.25, -0.2) is 9.97 Å². The third-order valence-electron chi connectivity index (χ3n) is 5.03. The fourth-order valence-electron chi connectivity index (χ4n) is 3.47. The zero-order chi connectivity index (χ0) is 20.1. The van der Waals surface area contributed by atoms with Crippen molar-refractivity contribution in [3.8, 4) is 17.0 Å². The Morgan fingerprint density at radius 3 is 2.38 bits per heavy atom. The zero-order valence-electron chi connectivity index (χ0n) is 16.5. The summed E-state index contributed by atoms with van der Waals surface area (Å²) in [7, 11) is 0. The lowest BCUT2D eigenvalue weighted by Crippen LogP contribution is -2.49. The Kier molecular flexibility index (Phi) is 5.70. The summed E-state index contributed by atoms with van der Waals surface area (Å²) in [6.07, 6.45) is 1.61. The number of anilines is 1. The van der Waals surface area contributed by atoms with Crippen molar-refractivity contribution >= 4 is 11.7 Å². The van der Waals surface area contributed by atoms with E-state index in [1.165, 1.54) is 0 Å². The van der Waals surface area contributed by atoms with Crippen LogP contribution < -0.4 is 9.64 Å². The van der Waals surface area contributed by atoms with Gasteiger partial charge < -0.3 is 14.5 Å². The van der Waals surface area contributed by atoms with E-state index in [2.05, 4.69) is 14.9 Å². The van der Waals surface area contributed by atoms with Gasteiger partial charge in [0.15, 0.2) is 0 Å². The molecule has 0 saturated carbocycles. The van der Waals surface area contributed by atoms with Crippen LogP contribution in [-0.4, -0.2) is 53.6 Å². The average molecular weight is 388 g/mol. The van der Waals surface area contributed by atoms with E-state index in [0.29, 0.717) is 25.3 Å². The van der Waals surface area contributed by atoms with E-state index in [0.717, 1.165) is 35.9 Å². The number of ether oxygens (including phenoxy) is 1. The van der Waals surface area contributed by atoms with E-state index in [-0.39, 0.29) is 5.91 Å². The minimum atomic E-state index is 0.0559. The van der Waals surface area contributed by atoms with Gasteiger partial charge in [-0.2, -0.15) is 0 Å². The minimum absolute atomic E-state index is 0.0559. The molecule has 1 fully saturated rings. The van der Waals surface area contributed by atoms with E-state index in [1.807, 2.05) is 72.5 Å². The molecule has 0 radical (unpaired) electrons. The van der Waals surface area contributed by atoms with Gasteiger partial charge in [0.1, 0.15) is 17.9 Å². The molecular weight excluding hydrogens is 364 g/mol. The predicted octanol–water partition coefficient (Wildman–Crippen LogP) is 3.50. The lowest BCUT2D eigenvalue weighted by molar-refractivity contribution is 0.0746. The SMILES string of the molecule is CCOc1ccc(C(=O)N2CCN(c3cc(-c4ccccc4)ncn3)CC2)cc1. The fourth-order valence-corrected chi connectivity index (χ4v) is 3.47. The fraction of sp³-hybridized carbons (Fsp3) is 0.261. The molecule has 0 bridgehead atoms. The first-order valence-corrected chi connectivity index (χ1v) is 9.89. The molecule has 0 unspecified atom stereocenters. The topological polar surface area (TPSA) is 58.6 Å². The molecule has 148 valence electrons. The number of hydrogen-bond donors (Lipinski definition) is 0. The Labute approximate surface area is 170 Å². The van der Waals surface area contributed by atoms with Crippen LogP contribution >= 0.6 is 0 Å². The highest BCUT2D eigenvalue weighted by molar-refractivity contribution is 5.94. The Morgan fingerprint density at radius 1 is 0.966 bits per heavy atom. The predicted molar refractivity (Wildman–Crippen MR) is 113 cm³/mol. The minimum Gasteiger partial charge on any atom is -0.494 e. The van der Waals surface area contributed by atoms with Crippen LogP contribution in [0.3, 0.4) is 0 Å². The molecule has 1 aromatic heterocycles. The van der Waals surface area contributed by atoms with Crippen LogP contribution in [0.2, 0.25) is 0 Å². The second-order valence-corrected chi connectivity index (χ2v) is 6.86. The quantitative estimate of drug-likeness (QED) is 0.670. The molecule has 0 spiro atoms. The number of carbonyl (C=O) groups is 1. The van der Waals surface area contributed by atoms with Crippen LogP contribution in [0.4, 0.5) is 5.82 Å². The van der Waals surface area contributed by atoms with E-state index in [9.17, 15) is 4.79 Å². The van der Waals surface area contributed by atoms with Crippen LogP contribution in [0.5, 0.6) is 5.75 Å². The van der Waals surface area contributed by atoms with Crippen molar-refractivity contribution in [3.05, 3.63) is 72.6 Å². The zero-order valence-corrected chi connectivity index (χ0v) is 16.5. The first kappa shape index (κ1) is 18.9. The van der Waals surface area contributed by atoms with Crippen molar-refractivity contribution in [3.63, 3.8) is 0 Å². The van der Waals surface area contributed by atoms with Crippen LogP contribution in [-0.2, 0) is 0 Å². The summed E-state index contributed by atoms with van der Waals surface area (Å²) in [4.78, 5) is 25.7. The molecule has 2 aromatic carbocycles. The maximum Gasteiger partial charge on any atom is 0.253 e. The molecule has 6 heteroatoms. The van der Waals surface area contributed by atoms with Crippen LogP contribution in [0, 0.1) is 0 Å². The molecule has 29 heavy (non-hydrogen) atoms. The summed E-state index contributed by atoms with van der Waals surface area (Å²) in [6, 6.07) is 19.4. The van der Waals surface area contributed by atoms with Crippen LogP contribution in [0.15, 0.2) is 67.0 Å². The second kappa shape index (κ2) is 8.73. The molecule has 4 rings (SSSR count). The van der Waals surface area contributed by atoms with Crippen molar-refractivity contribution in [1.29, 1.82) is 0 Å². The third-order valence-corrected chi connectivity index (χ3v) is 5.03. The smallest absolute Gasteiger partial charge is 0.253 e. The van der Waals surface area contributed by atoms with Gasteiger partial charge in [-0.15, -0.1) is 0 Å². The maximum atomic E-state index is 12.8. The standard InChI is InChI=1S/C23H24N4O2/c1-2-29-20-10-8-19(9-11-20)23(28)27-14-12-26(13-15-27)22-16-21(24-17-25-22)18-6-4-3-5-7-18/h3-11,16-17H,2,12-15H2,1H3. The Hall–Kier alpha value is -3.41. The Balaban J connectivity index is 1.40. The van der Waals surface area contributed by atoms with Gasteiger partial charge in [0.25, 0.3) is 5.91 Å². The van der Waals surface area contributed by atoms with Gasteiger partial charge in [0.05, 0.1) is 12.3 Å². The summed E-state index contributed by atoms with van der Waals surface area (Å²) in [5.74, 6) is 1.74. The normalized spacial score (nSPS) is 14.0.